The molecular weight excluding hydrogens is 777 g/mol. The molecule has 300 valence electrons. The number of hydrogen-bond donors (Lipinski definition) is 0. The van der Waals surface area contributed by atoms with Crippen LogP contribution in [0.4, 0.5) is 17.1 Å². The van der Waals surface area contributed by atoms with Gasteiger partial charge in [-0.1, -0.05) is 140 Å². The van der Waals surface area contributed by atoms with Crippen LogP contribution in [-0.4, -0.2) is 14.5 Å². The summed E-state index contributed by atoms with van der Waals surface area (Å²) in [7, 11) is 0. The summed E-state index contributed by atoms with van der Waals surface area (Å²) in [6.07, 6.45) is 3.73. The SMILES string of the molecule is c1ccc(N(c2ccc3c(c2)c2ccccc2n3-c2ccccc2)c2cccc3c(-c4cccc(-c5ccccn5)c4)c4ccccc4c(-c4cccc(-c5ccccn5)c4)c23)cc1. The fourth-order valence-corrected chi connectivity index (χ4v) is 9.70. The van der Waals surface area contributed by atoms with Gasteiger partial charge in [-0.25, -0.2) is 0 Å². The van der Waals surface area contributed by atoms with E-state index in [1.807, 2.05) is 24.5 Å². The van der Waals surface area contributed by atoms with Gasteiger partial charge in [0.05, 0.1) is 28.1 Å². The predicted octanol–water partition coefficient (Wildman–Crippen LogP) is 16.0. The first-order chi connectivity index (χ1) is 31.8. The first-order valence-electron chi connectivity index (χ1n) is 21.7. The Hall–Kier alpha value is -8.60. The Morgan fingerprint density at radius 2 is 0.859 bits per heavy atom. The highest BCUT2D eigenvalue weighted by Gasteiger charge is 2.24. The maximum Gasteiger partial charge on any atom is 0.0702 e. The molecule has 0 aliphatic carbocycles. The largest absolute Gasteiger partial charge is 0.310 e. The van der Waals surface area contributed by atoms with E-state index in [0.29, 0.717) is 0 Å². The summed E-state index contributed by atoms with van der Waals surface area (Å²) >= 11 is 0. The van der Waals surface area contributed by atoms with Crippen molar-refractivity contribution in [3.8, 4) is 50.5 Å². The van der Waals surface area contributed by atoms with Crippen molar-refractivity contribution in [2.24, 2.45) is 0 Å². The van der Waals surface area contributed by atoms with Crippen LogP contribution >= 0.6 is 0 Å². The van der Waals surface area contributed by atoms with E-state index in [4.69, 9.17) is 9.97 Å². The first kappa shape index (κ1) is 37.2. The fraction of sp³-hybridized carbons (Fsp3) is 0. The summed E-state index contributed by atoms with van der Waals surface area (Å²) in [4.78, 5) is 12.0. The van der Waals surface area contributed by atoms with Gasteiger partial charge in [-0.2, -0.15) is 0 Å². The standard InChI is InChI=1S/C60H40N4/c1-3-22-45(23-4-1)63(47-34-35-56-52(40-47)48-26-9-10-32-55(48)64(56)46-24-5-2-6-25-46)57-33-17-29-51-58(43-20-15-18-41(38-43)53-30-11-13-36-61-53)49-27-7-8-28-50(49)59(60(51)57)44-21-16-19-42(39-44)54-31-12-14-37-62-54/h1-40H. The number of para-hydroxylation sites is 3. The molecule has 64 heavy (non-hydrogen) atoms. The quantitative estimate of drug-likeness (QED) is 0.143. The molecule has 0 amide bonds. The zero-order valence-corrected chi connectivity index (χ0v) is 34.9. The Kier molecular flexibility index (Phi) is 9.12. The lowest BCUT2D eigenvalue weighted by Gasteiger charge is -2.29. The summed E-state index contributed by atoms with van der Waals surface area (Å²) in [5.41, 5.74) is 15.4. The smallest absolute Gasteiger partial charge is 0.0702 e. The molecule has 3 heterocycles. The summed E-state index contributed by atoms with van der Waals surface area (Å²) in [5.74, 6) is 0. The number of nitrogens with zero attached hydrogens (tertiary/aromatic N) is 4. The van der Waals surface area contributed by atoms with Gasteiger partial charge in [-0.3, -0.25) is 9.97 Å². The molecule has 0 aliphatic rings. The lowest BCUT2D eigenvalue weighted by Crippen LogP contribution is -2.11. The van der Waals surface area contributed by atoms with Crippen molar-refractivity contribution in [1.29, 1.82) is 0 Å². The van der Waals surface area contributed by atoms with Gasteiger partial charge in [0.1, 0.15) is 0 Å². The second kappa shape index (κ2) is 15.7. The van der Waals surface area contributed by atoms with Crippen molar-refractivity contribution in [3.05, 3.63) is 243 Å². The molecule has 12 aromatic rings. The zero-order chi connectivity index (χ0) is 42.4. The zero-order valence-electron chi connectivity index (χ0n) is 34.9. The highest BCUT2D eigenvalue weighted by molar-refractivity contribution is 6.25. The third-order valence-corrected chi connectivity index (χ3v) is 12.4. The van der Waals surface area contributed by atoms with E-state index in [2.05, 4.69) is 228 Å². The molecule has 9 aromatic carbocycles. The van der Waals surface area contributed by atoms with Crippen LogP contribution in [0.1, 0.15) is 0 Å². The molecule has 4 nitrogen and oxygen atoms in total. The van der Waals surface area contributed by atoms with Crippen molar-refractivity contribution in [2.75, 3.05) is 4.90 Å². The number of aromatic nitrogens is 3. The normalized spacial score (nSPS) is 11.4. The van der Waals surface area contributed by atoms with Gasteiger partial charge in [0.25, 0.3) is 0 Å². The minimum absolute atomic E-state index is 0.940. The molecule has 0 fully saturated rings. The Bertz CT molecular complexity index is 3660. The van der Waals surface area contributed by atoms with Crippen LogP contribution in [0.25, 0.3) is 93.8 Å². The predicted molar refractivity (Wildman–Crippen MR) is 268 cm³/mol. The molecule has 0 bridgehead atoms. The molecule has 0 unspecified atom stereocenters. The van der Waals surface area contributed by atoms with Gasteiger partial charge in [-0.15, -0.1) is 0 Å². The van der Waals surface area contributed by atoms with E-state index in [1.165, 1.54) is 38.2 Å². The van der Waals surface area contributed by atoms with Crippen LogP contribution in [0, 0.1) is 0 Å². The Labute approximate surface area is 371 Å². The molecule has 4 heteroatoms. The first-order valence-corrected chi connectivity index (χ1v) is 21.7. The third-order valence-electron chi connectivity index (χ3n) is 12.4. The molecule has 0 N–H and O–H groups in total. The Morgan fingerprint density at radius 3 is 1.53 bits per heavy atom. The minimum Gasteiger partial charge on any atom is -0.310 e. The van der Waals surface area contributed by atoms with E-state index in [9.17, 15) is 0 Å². The number of benzene rings is 9. The maximum absolute atomic E-state index is 4.77. The van der Waals surface area contributed by atoms with Gasteiger partial charge < -0.3 is 9.47 Å². The number of rotatable bonds is 8. The van der Waals surface area contributed by atoms with Gasteiger partial charge >= 0.3 is 0 Å². The molecule has 0 radical (unpaired) electrons. The average Bonchev–Trinajstić information content (AvgIpc) is 3.70. The van der Waals surface area contributed by atoms with E-state index >= 15 is 0 Å². The van der Waals surface area contributed by atoms with Crippen LogP contribution in [0.5, 0.6) is 0 Å². The average molecular weight is 817 g/mol. The van der Waals surface area contributed by atoms with Crippen LogP contribution in [0.3, 0.4) is 0 Å². The number of hydrogen-bond acceptors (Lipinski definition) is 3. The molecule has 0 atom stereocenters. The van der Waals surface area contributed by atoms with Gasteiger partial charge in [0.15, 0.2) is 0 Å². The van der Waals surface area contributed by atoms with E-state index < -0.39 is 0 Å². The summed E-state index contributed by atoms with van der Waals surface area (Å²) < 4.78 is 2.38. The second-order valence-electron chi connectivity index (χ2n) is 16.1. The highest BCUT2D eigenvalue weighted by atomic mass is 15.1. The maximum atomic E-state index is 4.77. The monoisotopic (exact) mass is 816 g/mol. The van der Waals surface area contributed by atoms with Crippen LogP contribution in [-0.2, 0) is 0 Å². The van der Waals surface area contributed by atoms with E-state index in [0.717, 1.165) is 72.7 Å². The lowest BCUT2D eigenvalue weighted by atomic mass is 9.84. The van der Waals surface area contributed by atoms with Crippen LogP contribution in [0.15, 0.2) is 243 Å². The van der Waals surface area contributed by atoms with Gasteiger partial charge in [0, 0.05) is 56.7 Å². The summed E-state index contributed by atoms with van der Waals surface area (Å²) in [6.45, 7) is 0. The molecule has 12 rings (SSSR count). The van der Waals surface area contributed by atoms with E-state index in [1.54, 1.807) is 0 Å². The van der Waals surface area contributed by atoms with Gasteiger partial charge in [0.2, 0.25) is 0 Å². The number of anilines is 3. The molecule has 0 aliphatic heterocycles. The van der Waals surface area contributed by atoms with Crippen molar-refractivity contribution >= 4 is 60.4 Å². The third kappa shape index (κ3) is 6.31. The Balaban J connectivity index is 1.19. The van der Waals surface area contributed by atoms with Crippen LogP contribution in [0.2, 0.25) is 0 Å². The van der Waals surface area contributed by atoms with Crippen molar-refractivity contribution < 1.29 is 0 Å². The molecule has 0 saturated heterocycles. The van der Waals surface area contributed by atoms with Crippen molar-refractivity contribution in [2.45, 2.75) is 0 Å². The number of pyridine rings is 2. The van der Waals surface area contributed by atoms with E-state index in [-0.39, 0.29) is 0 Å². The lowest BCUT2D eigenvalue weighted by molar-refractivity contribution is 1.18. The van der Waals surface area contributed by atoms with Gasteiger partial charge in [-0.05, 0) is 129 Å². The fourth-order valence-electron chi connectivity index (χ4n) is 9.70. The molecule has 0 spiro atoms. The number of fused-ring (bicyclic) bond motifs is 5. The Morgan fingerprint density at radius 1 is 0.328 bits per heavy atom. The van der Waals surface area contributed by atoms with Crippen molar-refractivity contribution in [1.82, 2.24) is 14.5 Å². The topological polar surface area (TPSA) is 34.0 Å². The summed E-state index contributed by atoms with van der Waals surface area (Å²) in [5, 5.41) is 7.09. The highest BCUT2D eigenvalue weighted by Crippen LogP contribution is 2.50. The molecular formula is C60H40N4. The molecule has 0 saturated carbocycles. The van der Waals surface area contributed by atoms with Crippen LogP contribution < -0.4 is 4.90 Å². The minimum atomic E-state index is 0.940. The molecule has 3 aromatic heterocycles. The van der Waals surface area contributed by atoms with Crippen molar-refractivity contribution in [3.63, 3.8) is 0 Å². The summed E-state index contributed by atoms with van der Waals surface area (Å²) in [6, 6.07) is 82.8. The second-order valence-corrected chi connectivity index (χ2v) is 16.1.